The first kappa shape index (κ1) is 24.9. The lowest BCUT2D eigenvalue weighted by Gasteiger charge is -2.28. The number of esters is 1. The molecule has 3 rings (SSSR count). The number of carbonyl (C=O) groups excluding carboxylic acids is 3. The number of ether oxygens (including phenoxy) is 1. The molecule has 0 aliphatic carbocycles. The van der Waals surface area contributed by atoms with Crippen LogP contribution in [0.25, 0.3) is 10.4 Å². The number of nitrogens with one attached hydrogen (secondary N) is 1. The Bertz CT molecular complexity index is 1010. The highest BCUT2D eigenvalue weighted by Crippen LogP contribution is 2.29. The number of nitrogens with zero attached hydrogens (tertiary/aromatic N) is 2. The van der Waals surface area contributed by atoms with E-state index in [1.165, 1.54) is 6.92 Å². The van der Waals surface area contributed by atoms with Gasteiger partial charge in [0, 0.05) is 19.8 Å². The van der Waals surface area contributed by atoms with Gasteiger partial charge in [-0.1, -0.05) is 45.0 Å². The van der Waals surface area contributed by atoms with Crippen LogP contribution in [0.3, 0.4) is 0 Å². The molecule has 0 saturated carbocycles. The second-order valence-corrected chi connectivity index (χ2v) is 10.7. The highest BCUT2D eigenvalue weighted by atomic mass is 32.1. The van der Waals surface area contributed by atoms with E-state index < -0.39 is 18.1 Å². The number of carbonyl (C=O) groups is 3. The van der Waals surface area contributed by atoms with Gasteiger partial charge in [0.1, 0.15) is 12.1 Å². The van der Waals surface area contributed by atoms with Crippen LogP contribution < -0.4 is 5.32 Å². The van der Waals surface area contributed by atoms with Crippen molar-refractivity contribution in [3.63, 3.8) is 0 Å². The lowest BCUT2D eigenvalue weighted by atomic mass is 9.91. The number of benzene rings is 1. The summed E-state index contributed by atoms with van der Waals surface area (Å²) < 4.78 is 5.33. The molecule has 0 bridgehead atoms. The molecule has 2 aromatic rings. The zero-order chi connectivity index (χ0) is 24.3. The van der Waals surface area contributed by atoms with Crippen LogP contribution in [-0.4, -0.2) is 46.4 Å². The van der Waals surface area contributed by atoms with Gasteiger partial charge in [-0.3, -0.25) is 14.4 Å². The minimum absolute atomic E-state index is 0.103. The highest BCUT2D eigenvalue weighted by molar-refractivity contribution is 7.13. The van der Waals surface area contributed by atoms with Gasteiger partial charge in [0.25, 0.3) is 0 Å². The van der Waals surface area contributed by atoms with Crippen molar-refractivity contribution in [3.8, 4) is 10.4 Å². The Morgan fingerprint density at radius 1 is 1.24 bits per heavy atom. The topological polar surface area (TPSA) is 88.6 Å². The number of rotatable bonds is 6. The first-order chi connectivity index (χ1) is 15.4. The molecule has 0 radical (unpaired) electrons. The Balaban J connectivity index is 1.70. The van der Waals surface area contributed by atoms with Gasteiger partial charge in [0.15, 0.2) is 0 Å². The molecule has 8 heteroatoms. The van der Waals surface area contributed by atoms with Crippen molar-refractivity contribution in [1.29, 1.82) is 0 Å². The smallest absolute Gasteiger partial charge is 0.302 e. The van der Waals surface area contributed by atoms with Crippen molar-refractivity contribution in [1.82, 2.24) is 15.2 Å². The average Bonchev–Trinajstić information content (AvgIpc) is 3.32. The summed E-state index contributed by atoms with van der Waals surface area (Å²) >= 11 is 1.60. The van der Waals surface area contributed by atoms with E-state index in [0.29, 0.717) is 12.8 Å². The second-order valence-electron chi connectivity index (χ2n) is 9.89. The Hall–Kier alpha value is -2.74. The third-order valence-corrected chi connectivity index (χ3v) is 6.65. The zero-order valence-electron chi connectivity index (χ0n) is 20.2. The van der Waals surface area contributed by atoms with Crippen LogP contribution in [0.2, 0.25) is 0 Å². The first-order valence-corrected chi connectivity index (χ1v) is 12.1. The van der Waals surface area contributed by atoms with Gasteiger partial charge in [-0.25, -0.2) is 4.98 Å². The van der Waals surface area contributed by atoms with Crippen molar-refractivity contribution in [2.24, 2.45) is 5.41 Å². The van der Waals surface area contributed by atoms with Gasteiger partial charge in [0.2, 0.25) is 11.8 Å². The normalized spacial score (nSPS) is 19.3. The number of likely N-dealkylation sites (tertiary alicyclic amines) is 1. The predicted octanol–water partition coefficient (Wildman–Crippen LogP) is 4.26. The molecule has 1 aromatic heterocycles. The van der Waals surface area contributed by atoms with E-state index in [2.05, 4.69) is 10.3 Å². The maximum Gasteiger partial charge on any atom is 0.302 e. The average molecular weight is 472 g/mol. The van der Waals surface area contributed by atoms with E-state index in [9.17, 15) is 14.4 Å². The van der Waals surface area contributed by atoms with Crippen LogP contribution >= 0.6 is 11.3 Å². The summed E-state index contributed by atoms with van der Waals surface area (Å²) in [5.74, 6) is -0.745. The summed E-state index contributed by atoms with van der Waals surface area (Å²) in [7, 11) is 0. The Labute approximate surface area is 199 Å². The molecule has 0 unspecified atom stereocenters. The molecular formula is C25H33N3O4S. The molecule has 1 aliphatic rings. The van der Waals surface area contributed by atoms with Crippen molar-refractivity contribution in [2.75, 3.05) is 6.54 Å². The SMILES string of the molecule is CC(=O)O[C@@H]1C[C@@H](C(=O)N[C@@H](C)c2ccc(-c3scnc3C)cc2)N(C(=O)CC(C)(C)C)C1. The van der Waals surface area contributed by atoms with Crippen LogP contribution in [-0.2, 0) is 19.1 Å². The van der Waals surface area contributed by atoms with Gasteiger partial charge >= 0.3 is 5.97 Å². The number of aromatic nitrogens is 1. The number of hydrogen-bond donors (Lipinski definition) is 1. The van der Waals surface area contributed by atoms with E-state index in [-0.39, 0.29) is 29.8 Å². The molecule has 3 atom stereocenters. The monoisotopic (exact) mass is 471 g/mol. The Kier molecular flexibility index (Phi) is 7.57. The lowest BCUT2D eigenvalue weighted by molar-refractivity contribution is -0.146. The van der Waals surface area contributed by atoms with Gasteiger partial charge in [-0.15, -0.1) is 11.3 Å². The third-order valence-electron chi connectivity index (χ3n) is 5.68. The number of aryl methyl sites for hydroxylation is 1. The van der Waals surface area contributed by atoms with E-state index in [1.807, 2.05) is 64.4 Å². The van der Waals surface area contributed by atoms with Crippen molar-refractivity contribution in [2.45, 2.75) is 72.6 Å². The van der Waals surface area contributed by atoms with E-state index in [4.69, 9.17) is 4.74 Å². The maximum absolute atomic E-state index is 13.2. The zero-order valence-corrected chi connectivity index (χ0v) is 21.0. The molecule has 1 aliphatic heterocycles. The first-order valence-electron chi connectivity index (χ1n) is 11.2. The second kappa shape index (κ2) is 10.0. The molecule has 1 fully saturated rings. The fourth-order valence-electron chi connectivity index (χ4n) is 4.09. The van der Waals surface area contributed by atoms with E-state index >= 15 is 0 Å². The van der Waals surface area contributed by atoms with Gasteiger partial charge in [-0.2, -0.15) is 0 Å². The largest absolute Gasteiger partial charge is 0.461 e. The summed E-state index contributed by atoms with van der Waals surface area (Å²) in [6.07, 6.45) is 0.147. The lowest BCUT2D eigenvalue weighted by Crippen LogP contribution is -2.47. The molecule has 1 aromatic carbocycles. The summed E-state index contributed by atoms with van der Waals surface area (Å²) in [5, 5.41) is 3.04. The summed E-state index contributed by atoms with van der Waals surface area (Å²) in [5.41, 5.74) is 4.69. The Morgan fingerprint density at radius 2 is 1.91 bits per heavy atom. The fraction of sp³-hybridized carbons (Fsp3) is 0.520. The van der Waals surface area contributed by atoms with Crippen LogP contribution in [0.5, 0.6) is 0 Å². The quantitative estimate of drug-likeness (QED) is 0.636. The van der Waals surface area contributed by atoms with Crippen LogP contribution in [0.1, 0.15) is 64.8 Å². The van der Waals surface area contributed by atoms with Crippen molar-refractivity contribution in [3.05, 3.63) is 41.0 Å². The molecule has 1 saturated heterocycles. The van der Waals surface area contributed by atoms with Gasteiger partial charge in [0.05, 0.1) is 28.7 Å². The third kappa shape index (κ3) is 6.41. The van der Waals surface area contributed by atoms with Crippen molar-refractivity contribution < 1.29 is 19.1 Å². The van der Waals surface area contributed by atoms with Crippen LogP contribution in [0.4, 0.5) is 0 Å². The summed E-state index contributed by atoms with van der Waals surface area (Å²) in [6.45, 7) is 11.4. The van der Waals surface area contributed by atoms with Crippen LogP contribution in [0.15, 0.2) is 29.8 Å². The molecule has 1 N–H and O–H groups in total. The molecule has 2 heterocycles. The Morgan fingerprint density at radius 3 is 2.45 bits per heavy atom. The van der Waals surface area contributed by atoms with Gasteiger partial charge in [-0.05, 0) is 30.4 Å². The summed E-state index contributed by atoms with van der Waals surface area (Å²) in [4.78, 5) is 44.6. The van der Waals surface area contributed by atoms with Gasteiger partial charge < -0.3 is 15.0 Å². The molecule has 33 heavy (non-hydrogen) atoms. The highest BCUT2D eigenvalue weighted by Gasteiger charge is 2.42. The molecular weight excluding hydrogens is 438 g/mol. The van der Waals surface area contributed by atoms with E-state index in [1.54, 1.807) is 16.2 Å². The minimum Gasteiger partial charge on any atom is -0.461 e. The predicted molar refractivity (Wildman–Crippen MR) is 129 cm³/mol. The number of amides is 2. The number of hydrogen-bond acceptors (Lipinski definition) is 6. The molecule has 0 spiro atoms. The fourth-order valence-corrected chi connectivity index (χ4v) is 4.90. The van der Waals surface area contributed by atoms with Crippen LogP contribution in [0, 0.1) is 12.3 Å². The summed E-state index contributed by atoms with van der Waals surface area (Å²) in [6, 6.07) is 7.16. The van der Waals surface area contributed by atoms with E-state index in [0.717, 1.165) is 21.7 Å². The van der Waals surface area contributed by atoms with Crippen molar-refractivity contribution >= 4 is 29.1 Å². The number of thiazole rings is 1. The molecule has 178 valence electrons. The standard InChI is InChI=1S/C25H33N3O4S/c1-15(18-7-9-19(10-8-18)23-16(2)26-14-33-23)27-24(31)21-11-20(32-17(3)29)13-28(21)22(30)12-25(4,5)6/h7-10,14-15,20-21H,11-13H2,1-6H3,(H,27,31)/t15-,20+,21-/m0/s1. The maximum atomic E-state index is 13.2. The minimum atomic E-state index is -0.661. The molecule has 7 nitrogen and oxygen atoms in total. The molecule has 2 amide bonds.